The van der Waals surface area contributed by atoms with Crippen LogP contribution >= 0.6 is 27.5 Å². The number of aliphatic hydroxyl groups excluding tert-OH is 1. The van der Waals surface area contributed by atoms with Gasteiger partial charge >= 0.3 is 0 Å². The van der Waals surface area contributed by atoms with E-state index >= 15 is 0 Å². The van der Waals surface area contributed by atoms with Crippen LogP contribution < -0.4 is 0 Å². The van der Waals surface area contributed by atoms with Gasteiger partial charge in [0.1, 0.15) is 0 Å². The first-order valence-electron chi connectivity index (χ1n) is 6.60. The smallest absolute Gasteiger partial charge is 0.0856 e. The highest BCUT2D eigenvalue weighted by Gasteiger charge is 2.19. The van der Waals surface area contributed by atoms with E-state index in [2.05, 4.69) is 21.0 Å². The predicted molar refractivity (Wildman–Crippen MR) is 85.2 cm³/mol. The summed E-state index contributed by atoms with van der Waals surface area (Å²) < 4.78 is 2.77. The molecule has 1 N–H and O–H groups in total. The molecule has 1 unspecified atom stereocenters. The van der Waals surface area contributed by atoms with Crippen LogP contribution in [0.1, 0.15) is 35.5 Å². The SMILES string of the molecule is CCn1nc(C)c(Cl)c1CC(O)c1ccc(C)cc1Br. The van der Waals surface area contributed by atoms with E-state index in [1.165, 1.54) is 0 Å². The molecule has 0 bridgehead atoms. The Labute approximate surface area is 132 Å². The number of benzene rings is 1. The summed E-state index contributed by atoms with van der Waals surface area (Å²) in [7, 11) is 0. The maximum Gasteiger partial charge on any atom is 0.0856 e. The summed E-state index contributed by atoms with van der Waals surface area (Å²) in [6.45, 7) is 6.66. The van der Waals surface area contributed by atoms with E-state index in [4.69, 9.17) is 11.6 Å². The predicted octanol–water partition coefficient (Wildman–Crippen LogP) is 4.21. The molecule has 0 aliphatic carbocycles. The van der Waals surface area contributed by atoms with E-state index in [0.29, 0.717) is 11.4 Å². The minimum Gasteiger partial charge on any atom is -0.388 e. The second-order valence-electron chi connectivity index (χ2n) is 4.91. The van der Waals surface area contributed by atoms with Crippen LogP contribution in [-0.2, 0) is 13.0 Å². The number of aromatic nitrogens is 2. The molecule has 0 radical (unpaired) electrons. The van der Waals surface area contributed by atoms with Gasteiger partial charge in [-0.05, 0) is 38.0 Å². The van der Waals surface area contributed by atoms with Gasteiger partial charge in [0.05, 0.1) is 22.5 Å². The van der Waals surface area contributed by atoms with Gasteiger partial charge < -0.3 is 5.11 Å². The molecule has 0 aliphatic heterocycles. The summed E-state index contributed by atoms with van der Waals surface area (Å²) in [5.41, 5.74) is 3.71. The van der Waals surface area contributed by atoms with Crippen molar-refractivity contribution < 1.29 is 5.11 Å². The van der Waals surface area contributed by atoms with Gasteiger partial charge in [0, 0.05) is 17.4 Å². The van der Waals surface area contributed by atoms with Gasteiger partial charge in [-0.1, -0.05) is 39.7 Å². The average Bonchev–Trinajstić information content (AvgIpc) is 2.66. The Morgan fingerprint density at radius 1 is 1.40 bits per heavy atom. The van der Waals surface area contributed by atoms with Crippen molar-refractivity contribution >= 4 is 27.5 Å². The van der Waals surface area contributed by atoms with Crippen LogP contribution in [-0.4, -0.2) is 14.9 Å². The summed E-state index contributed by atoms with van der Waals surface area (Å²) in [5, 5.41) is 15.5. The lowest BCUT2D eigenvalue weighted by atomic mass is 10.0. The average molecular weight is 358 g/mol. The summed E-state index contributed by atoms with van der Waals surface area (Å²) in [6, 6.07) is 5.94. The lowest BCUT2D eigenvalue weighted by Crippen LogP contribution is -2.09. The first-order chi connectivity index (χ1) is 9.43. The minimum absolute atomic E-state index is 0.454. The maximum absolute atomic E-state index is 10.5. The Hall–Kier alpha value is -0.840. The van der Waals surface area contributed by atoms with Crippen molar-refractivity contribution in [2.45, 2.75) is 39.8 Å². The number of rotatable bonds is 4. The zero-order valence-corrected chi connectivity index (χ0v) is 14.2. The van der Waals surface area contributed by atoms with Crippen LogP contribution in [0.4, 0.5) is 0 Å². The second kappa shape index (κ2) is 6.29. The lowest BCUT2D eigenvalue weighted by Gasteiger charge is -2.14. The number of hydrogen-bond donors (Lipinski definition) is 1. The van der Waals surface area contributed by atoms with Crippen molar-refractivity contribution in [1.82, 2.24) is 9.78 Å². The Morgan fingerprint density at radius 3 is 2.70 bits per heavy atom. The van der Waals surface area contributed by atoms with Crippen LogP contribution in [0, 0.1) is 13.8 Å². The zero-order chi connectivity index (χ0) is 14.9. The Balaban J connectivity index is 2.30. The van der Waals surface area contributed by atoms with Crippen LogP contribution in [0.3, 0.4) is 0 Å². The lowest BCUT2D eigenvalue weighted by molar-refractivity contribution is 0.174. The van der Waals surface area contributed by atoms with Crippen molar-refractivity contribution in [3.8, 4) is 0 Å². The number of halogens is 2. The Bertz CT molecular complexity index is 625. The fraction of sp³-hybridized carbons (Fsp3) is 0.400. The van der Waals surface area contributed by atoms with Gasteiger partial charge in [0.25, 0.3) is 0 Å². The van der Waals surface area contributed by atoms with Crippen molar-refractivity contribution in [1.29, 1.82) is 0 Å². The number of aliphatic hydroxyl groups is 1. The number of hydrogen-bond acceptors (Lipinski definition) is 2. The standard InChI is InChI=1S/C15H18BrClN2O/c1-4-19-13(15(17)10(3)18-19)8-14(20)11-6-5-9(2)7-12(11)16/h5-7,14,20H,4,8H2,1-3H3. The fourth-order valence-corrected chi connectivity index (χ4v) is 3.23. The van der Waals surface area contributed by atoms with Gasteiger partial charge in [-0.15, -0.1) is 0 Å². The highest BCUT2D eigenvalue weighted by Crippen LogP contribution is 2.30. The summed E-state index contributed by atoms with van der Waals surface area (Å²) in [5.74, 6) is 0. The highest BCUT2D eigenvalue weighted by molar-refractivity contribution is 9.10. The molecule has 0 saturated heterocycles. The topological polar surface area (TPSA) is 38.0 Å². The third kappa shape index (κ3) is 3.08. The molecule has 1 aromatic heterocycles. The van der Waals surface area contributed by atoms with Gasteiger partial charge in [-0.3, -0.25) is 4.68 Å². The van der Waals surface area contributed by atoms with Crippen molar-refractivity contribution in [3.05, 3.63) is 50.2 Å². The molecule has 1 atom stereocenters. The number of aryl methyl sites for hydroxylation is 3. The van der Waals surface area contributed by atoms with Crippen LogP contribution in [0.15, 0.2) is 22.7 Å². The largest absolute Gasteiger partial charge is 0.388 e. The first kappa shape index (κ1) is 15.5. The molecule has 0 fully saturated rings. The second-order valence-corrected chi connectivity index (χ2v) is 6.14. The van der Waals surface area contributed by atoms with E-state index in [1.807, 2.05) is 43.7 Å². The quantitative estimate of drug-likeness (QED) is 0.890. The van der Waals surface area contributed by atoms with E-state index in [9.17, 15) is 5.11 Å². The summed E-state index contributed by atoms with van der Waals surface area (Å²) in [4.78, 5) is 0. The third-order valence-corrected chi connectivity index (χ3v) is 4.53. The van der Waals surface area contributed by atoms with Crippen molar-refractivity contribution in [2.75, 3.05) is 0 Å². The number of nitrogens with zero attached hydrogens (tertiary/aromatic N) is 2. The Kier molecular flexibility index (Phi) is 4.89. The van der Waals surface area contributed by atoms with Gasteiger partial charge in [0.15, 0.2) is 0 Å². The van der Waals surface area contributed by atoms with E-state index < -0.39 is 6.10 Å². The zero-order valence-electron chi connectivity index (χ0n) is 11.8. The van der Waals surface area contributed by atoms with E-state index in [-0.39, 0.29) is 0 Å². The van der Waals surface area contributed by atoms with Crippen LogP contribution in [0.2, 0.25) is 5.02 Å². The first-order valence-corrected chi connectivity index (χ1v) is 7.77. The van der Waals surface area contributed by atoms with Crippen LogP contribution in [0.5, 0.6) is 0 Å². The molecule has 0 aliphatic rings. The van der Waals surface area contributed by atoms with Crippen molar-refractivity contribution in [3.63, 3.8) is 0 Å². The monoisotopic (exact) mass is 356 g/mol. The molecule has 0 saturated carbocycles. The minimum atomic E-state index is -0.608. The summed E-state index contributed by atoms with van der Waals surface area (Å²) >= 11 is 9.79. The molecule has 1 aromatic carbocycles. The van der Waals surface area contributed by atoms with Crippen molar-refractivity contribution in [2.24, 2.45) is 0 Å². The highest BCUT2D eigenvalue weighted by atomic mass is 79.9. The van der Waals surface area contributed by atoms with Gasteiger partial charge in [0.2, 0.25) is 0 Å². The van der Waals surface area contributed by atoms with Gasteiger partial charge in [-0.2, -0.15) is 5.10 Å². The fourth-order valence-electron chi connectivity index (χ4n) is 2.26. The molecular formula is C15H18BrClN2O. The molecule has 2 rings (SSSR count). The molecule has 2 aromatic rings. The molecule has 0 amide bonds. The molecule has 1 heterocycles. The van der Waals surface area contributed by atoms with E-state index in [0.717, 1.165) is 33.5 Å². The molecule has 5 heteroatoms. The normalized spacial score (nSPS) is 12.7. The third-order valence-electron chi connectivity index (χ3n) is 3.35. The van der Waals surface area contributed by atoms with Gasteiger partial charge in [-0.25, -0.2) is 0 Å². The molecule has 0 spiro atoms. The maximum atomic E-state index is 10.5. The summed E-state index contributed by atoms with van der Waals surface area (Å²) in [6.07, 6.45) is -0.154. The Morgan fingerprint density at radius 2 is 2.10 bits per heavy atom. The molecule has 3 nitrogen and oxygen atoms in total. The van der Waals surface area contributed by atoms with E-state index in [1.54, 1.807) is 0 Å². The molecule has 108 valence electrons. The van der Waals surface area contributed by atoms with Crippen LogP contribution in [0.25, 0.3) is 0 Å². The molecule has 20 heavy (non-hydrogen) atoms. The molecular weight excluding hydrogens is 340 g/mol.